The molecule has 0 radical (unpaired) electrons. The molecule has 18 heavy (non-hydrogen) atoms. The zero-order valence-electron chi connectivity index (χ0n) is 10.0. The first-order chi connectivity index (χ1) is 8.45. The second kappa shape index (κ2) is 5.85. The number of benzene rings is 1. The van der Waals surface area contributed by atoms with Crippen LogP contribution < -0.4 is 4.74 Å². The fraction of sp³-hybridized carbons (Fsp3) is 0.364. The minimum Gasteiger partial charge on any atom is -0.504 e. The molecule has 98 valence electrons. The van der Waals surface area contributed by atoms with E-state index in [-0.39, 0.29) is 35.8 Å². The molecular formula is C11H13NO6. The SMILES string of the molecule is COc1cc([N+](=O)[O-])c(CCOC(C)=O)cc1O. The van der Waals surface area contributed by atoms with Crippen LogP contribution in [0.3, 0.4) is 0 Å². The van der Waals surface area contributed by atoms with Crippen LogP contribution in [-0.4, -0.2) is 29.7 Å². The highest BCUT2D eigenvalue weighted by Gasteiger charge is 2.18. The molecule has 0 spiro atoms. The third kappa shape index (κ3) is 3.34. The summed E-state index contributed by atoms with van der Waals surface area (Å²) >= 11 is 0. The Bertz CT molecular complexity index is 471. The summed E-state index contributed by atoms with van der Waals surface area (Å²) in [6, 6.07) is 2.37. The zero-order valence-corrected chi connectivity index (χ0v) is 10.0. The lowest BCUT2D eigenvalue weighted by Gasteiger charge is -2.07. The van der Waals surface area contributed by atoms with Crippen molar-refractivity contribution in [3.63, 3.8) is 0 Å². The van der Waals surface area contributed by atoms with E-state index in [2.05, 4.69) is 0 Å². The first kappa shape index (κ1) is 13.8. The molecule has 1 rings (SSSR count). The molecule has 0 bridgehead atoms. The summed E-state index contributed by atoms with van der Waals surface area (Å²) < 4.78 is 9.50. The summed E-state index contributed by atoms with van der Waals surface area (Å²) in [6.45, 7) is 1.27. The molecule has 1 aromatic rings. The van der Waals surface area contributed by atoms with Crippen molar-refractivity contribution in [1.29, 1.82) is 0 Å². The maximum atomic E-state index is 10.9. The number of methoxy groups -OCH3 is 1. The van der Waals surface area contributed by atoms with Crippen molar-refractivity contribution in [2.24, 2.45) is 0 Å². The van der Waals surface area contributed by atoms with Gasteiger partial charge < -0.3 is 14.6 Å². The molecule has 0 aliphatic heterocycles. The van der Waals surface area contributed by atoms with E-state index in [1.165, 1.54) is 20.1 Å². The van der Waals surface area contributed by atoms with Gasteiger partial charge in [0.1, 0.15) is 0 Å². The summed E-state index contributed by atoms with van der Waals surface area (Å²) in [5.74, 6) is -0.630. The Morgan fingerprint density at radius 1 is 1.50 bits per heavy atom. The van der Waals surface area contributed by atoms with Crippen molar-refractivity contribution in [2.75, 3.05) is 13.7 Å². The lowest BCUT2D eigenvalue weighted by atomic mass is 10.1. The molecule has 0 saturated carbocycles. The van der Waals surface area contributed by atoms with Crippen LogP contribution in [0, 0.1) is 10.1 Å². The van der Waals surface area contributed by atoms with Gasteiger partial charge >= 0.3 is 5.97 Å². The minimum atomic E-state index is -0.578. The summed E-state index contributed by atoms with van der Waals surface area (Å²) in [5, 5.41) is 20.4. The van der Waals surface area contributed by atoms with E-state index in [9.17, 15) is 20.0 Å². The van der Waals surface area contributed by atoms with E-state index >= 15 is 0 Å². The van der Waals surface area contributed by atoms with E-state index < -0.39 is 10.9 Å². The molecule has 0 aromatic heterocycles. The van der Waals surface area contributed by atoms with E-state index in [1.807, 2.05) is 0 Å². The maximum absolute atomic E-state index is 10.9. The number of aromatic hydroxyl groups is 1. The summed E-state index contributed by atoms with van der Waals surface area (Å²) in [7, 11) is 1.30. The van der Waals surface area contributed by atoms with Gasteiger partial charge in [-0.2, -0.15) is 0 Å². The topological polar surface area (TPSA) is 98.9 Å². The molecule has 0 aliphatic carbocycles. The van der Waals surface area contributed by atoms with Crippen LogP contribution in [-0.2, 0) is 16.0 Å². The number of ether oxygens (including phenoxy) is 2. The summed E-state index contributed by atoms with van der Waals surface area (Å²) in [4.78, 5) is 20.9. The number of hydrogen-bond donors (Lipinski definition) is 1. The van der Waals surface area contributed by atoms with Crippen molar-refractivity contribution in [1.82, 2.24) is 0 Å². The first-order valence-electron chi connectivity index (χ1n) is 5.13. The smallest absolute Gasteiger partial charge is 0.302 e. The van der Waals surface area contributed by atoms with Gasteiger partial charge in [0.15, 0.2) is 11.5 Å². The summed E-state index contributed by atoms with van der Waals surface area (Å²) in [5.41, 5.74) is 0.0938. The second-order valence-corrected chi connectivity index (χ2v) is 3.50. The van der Waals surface area contributed by atoms with Gasteiger partial charge in [0.05, 0.1) is 24.7 Å². The molecule has 0 amide bonds. The maximum Gasteiger partial charge on any atom is 0.302 e. The predicted molar refractivity (Wildman–Crippen MR) is 61.7 cm³/mol. The Balaban J connectivity index is 2.98. The van der Waals surface area contributed by atoms with Crippen LogP contribution in [0.25, 0.3) is 0 Å². The number of esters is 1. The van der Waals surface area contributed by atoms with E-state index in [0.717, 1.165) is 6.07 Å². The average molecular weight is 255 g/mol. The monoisotopic (exact) mass is 255 g/mol. The van der Waals surface area contributed by atoms with E-state index in [1.54, 1.807) is 0 Å². The highest BCUT2D eigenvalue weighted by molar-refractivity contribution is 5.66. The van der Waals surface area contributed by atoms with Crippen LogP contribution in [0.5, 0.6) is 11.5 Å². The number of hydrogen-bond acceptors (Lipinski definition) is 6. The van der Waals surface area contributed by atoms with Crippen molar-refractivity contribution < 1.29 is 24.3 Å². The van der Waals surface area contributed by atoms with Gasteiger partial charge in [0, 0.05) is 18.9 Å². The number of rotatable bonds is 5. The Morgan fingerprint density at radius 3 is 2.67 bits per heavy atom. The standard InChI is InChI=1S/C11H13NO6/c1-7(13)18-4-3-8-5-10(14)11(17-2)6-9(8)12(15)16/h5-6,14H,3-4H2,1-2H3. The summed E-state index contributed by atoms with van der Waals surface area (Å²) in [6.07, 6.45) is 0.146. The third-order valence-corrected chi connectivity index (χ3v) is 2.25. The fourth-order valence-corrected chi connectivity index (χ4v) is 1.44. The lowest BCUT2D eigenvalue weighted by Crippen LogP contribution is -2.05. The van der Waals surface area contributed by atoms with Gasteiger partial charge in [0.25, 0.3) is 5.69 Å². The predicted octanol–water partition coefficient (Wildman–Crippen LogP) is 1.41. The number of phenolic OH excluding ortho intramolecular Hbond substituents is 1. The van der Waals surface area contributed by atoms with E-state index in [0.29, 0.717) is 0 Å². The number of carbonyl (C=O) groups is 1. The average Bonchev–Trinajstić information content (AvgIpc) is 2.28. The molecule has 0 heterocycles. The van der Waals surface area contributed by atoms with Gasteiger partial charge in [-0.05, 0) is 6.07 Å². The largest absolute Gasteiger partial charge is 0.504 e. The van der Waals surface area contributed by atoms with Crippen LogP contribution in [0.2, 0.25) is 0 Å². The Labute approximate surface area is 103 Å². The van der Waals surface area contributed by atoms with Gasteiger partial charge in [-0.25, -0.2) is 0 Å². The van der Waals surface area contributed by atoms with Gasteiger partial charge in [-0.3, -0.25) is 14.9 Å². The first-order valence-corrected chi connectivity index (χ1v) is 5.13. The van der Waals surface area contributed by atoms with Gasteiger partial charge in [-0.15, -0.1) is 0 Å². The van der Waals surface area contributed by atoms with Crippen molar-refractivity contribution in [3.05, 3.63) is 27.8 Å². The molecular weight excluding hydrogens is 242 g/mol. The van der Waals surface area contributed by atoms with Crippen molar-refractivity contribution in [3.8, 4) is 11.5 Å². The molecule has 0 saturated heterocycles. The lowest BCUT2D eigenvalue weighted by molar-refractivity contribution is -0.385. The van der Waals surface area contributed by atoms with Gasteiger partial charge in [-0.1, -0.05) is 0 Å². The highest BCUT2D eigenvalue weighted by Crippen LogP contribution is 2.33. The molecule has 7 heteroatoms. The molecule has 0 fully saturated rings. The normalized spacial score (nSPS) is 9.89. The quantitative estimate of drug-likeness (QED) is 0.485. The fourth-order valence-electron chi connectivity index (χ4n) is 1.44. The Hall–Kier alpha value is -2.31. The van der Waals surface area contributed by atoms with Crippen LogP contribution >= 0.6 is 0 Å². The van der Waals surface area contributed by atoms with Crippen molar-refractivity contribution in [2.45, 2.75) is 13.3 Å². The van der Waals surface area contributed by atoms with Crippen LogP contribution in [0.15, 0.2) is 12.1 Å². The molecule has 0 atom stereocenters. The van der Waals surface area contributed by atoms with Gasteiger partial charge in [0.2, 0.25) is 0 Å². The highest BCUT2D eigenvalue weighted by atomic mass is 16.6. The molecule has 1 aromatic carbocycles. The Kier molecular flexibility index (Phi) is 4.47. The van der Waals surface area contributed by atoms with E-state index in [4.69, 9.17) is 9.47 Å². The third-order valence-electron chi connectivity index (χ3n) is 2.25. The van der Waals surface area contributed by atoms with Crippen molar-refractivity contribution >= 4 is 11.7 Å². The number of nitrogens with zero attached hydrogens (tertiary/aromatic N) is 1. The Morgan fingerprint density at radius 2 is 2.17 bits per heavy atom. The number of nitro groups is 1. The molecule has 7 nitrogen and oxygen atoms in total. The molecule has 0 unspecified atom stereocenters. The second-order valence-electron chi connectivity index (χ2n) is 3.50. The number of phenols is 1. The van der Waals surface area contributed by atoms with Crippen LogP contribution in [0.4, 0.5) is 5.69 Å². The molecule has 1 N–H and O–H groups in total. The number of carbonyl (C=O) groups excluding carboxylic acids is 1. The van der Waals surface area contributed by atoms with Crippen LogP contribution in [0.1, 0.15) is 12.5 Å². The minimum absolute atomic E-state index is 0.0158. The number of nitro benzene ring substituents is 1. The molecule has 0 aliphatic rings. The zero-order chi connectivity index (χ0) is 13.7.